The highest BCUT2D eigenvalue weighted by atomic mass is 35.5. The molecule has 0 amide bonds. The molecule has 0 aliphatic carbocycles. The van der Waals surface area contributed by atoms with E-state index in [1.807, 2.05) is 30.6 Å². The number of hydrogen-bond acceptors (Lipinski definition) is 7. The van der Waals surface area contributed by atoms with E-state index < -0.39 is 0 Å². The van der Waals surface area contributed by atoms with Crippen molar-refractivity contribution >= 4 is 132 Å². The Balaban J connectivity index is 0.000000123. The van der Waals surface area contributed by atoms with Crippen molar-refractivity contribution in [3.8, 4) is 78.1 Å². The normalized spacial score (nSPS) is 13.1. The van der Waals surface area contributed by atoms with Gasteiger partial charge < -0.3 is 15.5 Å². The Morgan fingerprint density at radius 1 is 0.252 bits per heavy atom. The molecule has 7 nitrogen and oxygen atoms in total. The summed E-state index contributed by atoms with van der Waals surface area (Å²) in [6.07, 6.45) is 3.71. The highest BCUT2D eigenvalue weighted by Gasteiger charge is 2.51. The molecule has 1 aliphatic heterocycles. The quantitative estimate of drug-likeness (QED) is 0.119. The van der Waals surface area contributed by atoms with Gasteiger partial charge in [-0.25, -0.2) is 9.97 Å². The second-order valence-corrected chi connectivity index (χ2v) is 30.0. The van der Waals surface area contributed by atoms with Gasteiger partial charge in [-0.1, -0.05) is 303 Å². The lowest BCUT2D eigenvalue weighted by atomic mass is 9.78. The van der Waals surface area contributed by atoms with E-state index in [0.29, 0.717) is 5.02 Å². The highest BCUT2D eigenvalue weighted by Crippen LogP contribution is 2.45. The highest BCUT2D eigenvalue weighted by molar-refractivity contribution is 6.62. The number of benzene rings is 16. The Morgan fingerprint density at radius 2 is 0.577 bits per heavy atom. The first-order chi connectivity index (χ1) is 53.9. The molecule has 21 rings (SSSR count). The van der Waals surface area contributed by atoms with Gasteiger partial charge in [-0.05, 0) is 192 Å². The minimum atomic E-state index is -0.329. The summed E-state index contributed by atoms with van der Waals surface area (Å²) in [6.45, 7) is 8.29. The van der Waals surface area contributed by atoms with Gasteiger partial charge in [-0.3, -0.25) is 9.97 Å². The average molecular weight is 1450 g/mol. The third-order valence-corrected chi connectivity index (χ3v) is 22.6. The molecule has 0 bridgehead atoms. The molecule has 0 radical (unpaired) electrons. The molecule has 16 aromatic carbocycles. The van der Waals surface area contributed by atoms with Crippen LogP contribution >= 0.6 is 11.6 Å². The van der Waals surface area contributed by atoms with Crippen LogP contribution in [0, 0.1) is 0 Å². The maximum absolute atomic E-state index is 6.95. The van der Waals surface area contributed by atoms with Crippen LogP contribution in [0.1, 0.15) is 27.7 Å². The van der Waals surface area contributed by atoms with Crippen molar-refractivity contribution < 1.29 is 9.31 Å². The summed E-state index contributed by atoms with van der Waals surface area (Å²) in [5.41, 5.74) is 20.0. The Kier molecular flexibility index (Phi) is 18.1. The monoisotopic (exact) mass is 1450 g/mol. The molecule has 0 unspecified atom stereocenters. The molecule has 9 heteroatoms. The molecule has 3 N–H and O–H groups in total. The molecule has 20 aromatic rings. The molecule has 530 valence electrons. The first-order valence-electron chi connectivity index (χ1n) is 37.5. The molecule has 1 saturated heterocycles. The molecular formula is C102H75BClN5O2. The van der Waals surface area contributed by atoms with Crippen molar-refractivity contribution in [3.05, 3.63) is 369 Å². The standard InChI is InChI=1S/C48H30N2.C33H20ClN.C21H22BNO2.H3N/c1-3-11-36-27-38(24-18-31(36)9-1)43-29-45-44(34-22-20-33(21-23-34)40-17-7-13-35-14-8-26-49-47(35)40)30-46(50-48(45)42-16-6-5-15-41(42)43)39-25-19-32-10-2-4-12-37(32)28-39;34-31-20-32(26-16-14-22-8-2-4-10-24(22)18-26)35-33-28-12-6-5-11-27(28)29(19-30(31)33)25-15-13-21-7-1-3-9-23(21)17-25;1-20(2)21(3,4)25-22(24-20)17-12-10-15(11-13-17)18-9-5-7-16-8-6-14-23-19(16)18;/h1-30H;1-20H;5-14H,1-4H3;1H3. The summed E-state index contributed by atoms with van der Waals surface area (Å²) in [5.74, 6) is 0. The SMILES string of the molecule is CC1(C)OB(c2ccc(-c3cccc4cccnc34)cc2)OC1(C)C.Clc1cc(-c2ccc3ccccc3c2)nc2c1cc(-c1ccc3ccccc3c1)c1ccccc12.N.c1ccc2cc(-c3cc(-c4ccc(-c5cccc6cccnc56)cc4)c4cc(-c5ccc6ccccc6c5)c5ccccc5c4n3)ccc2c1. The van der Waals surface area contributed by atoms with Crippen molar-refractivity contribution in [3.63, 3.8) is 0 Å². The average Bonchev–Trinajstić information content (AvgIpc) is 1.22. The van der Waals surface area contributed by atoms with Crippen LogP contribution in [0.5, 0.6) is 0 Å². The third-order valence-electron chi connectivity index (χ3n) is 22.3. The molecular weight excluding hydrogens is 1370 g/mol. The van der Waals surface area contributed by atoms with Crippen LogP contribution in [0.3, 0.4) is 0 Å². The Bertz CT molecular complexity index is 7000. The van der Waals surface area contributed by atoms with Crippen LogP contribution in [0.4, 0.5) is 0 Å². The maximum atomic E-state index is 6.95. The summed E-state index contributed by atoms with van der Waals surface area (Å²) < 4.78 is 12.3. The number of para-hydroxylation sites is 2. The molecule has 4 aromatic heterocycles. The molecule has 1 fully saturated rings. The van der Waals surface area contributed by atoms with Gasteiger partial charge in [0.1, 0.15) is 0 Å². The largest absolute Gasteiger partial charge is 0.494 e. The van der Waals surface area contributed by atoms with E-state index in [1.165, 1.54) is 76.1 Å². The topological polar surface area (TPSA) is 105 Å². The number of aromatic nitrogens is 4. The van der Waals surface area contributed by atoms with Crippen molar-refractivity contribution in [2.24, 2.45) is 0 Å². The molecule has 1 aliphatic rings. The van der Waals surface area contributed by atoms with Gasteiger partial charge in [0, 0.05) is 67.0 Å². The van der Waals surface area contributed by atoms with Crippen molar-refractivity contribution in [1.82, 2.24) is 26.1 Å². The maximum Gasteiger partial charge on any atom is 0.494 e. The molecule has 5 heterocycles. The summed E-state index contributed by atoms with van der Waals surface area (Å²) in [7, 11) is -0.329. The van der Waals surface area contributed by atoms with Gasteiger partial charge in [0.2, 0.25) is 0 Å². The number of rotatable bonds is 8. The molecule has 0 atom stereocenters. The number of hydrogen-bond donors (Lipinski definition) is 1. The van der Waals surface area contributed by atoms with E-state index in [9.17, 15) is 0 Å². The molecule has 111 heavy (non-hydrogen) atoms. The van der Waals surface area contributed by atoms with E-state index >= 15 is 0 Å². The number of fused-ring (bicyclic) bond motifs is 12. The Hall–Kier alpha value is -13.0. The molecule has 0 saturated carbocycles. The predicted octanol–water partition coefficient (Wildman–Crippen LogP) is 27.0. The predicted molar refractivity (Wildman–Crippen MR) is 469 cm³/mol. The van der Waals surface area contributed by atoms with E-state index in [1.54, 1.807) is 0 Å². The van der Waals surface area contributed by atoms with Gasteiger partial charge in [0.15, 0.2) is 0 Å². The Labute approximate surface area is 649 Å². The minimum Gasteiger partial charge on any atom is -0.399 e. The first kappa shape index (κ1) is 69.7. The van der Waals surface area contributed by atoms with E-state index in [2.05, 4.69) is 366 Å². The zero-order chi connectivity index (χ0) is 74.0. The van der Waals surface area contributed by atoms with Crippen molar-refractivity contribution in [2.75, 3.05) is 0 Å². The van der Waals surface area contributed by atoms with Crippen LogP contribution in [-0.2, 0) is 9.31 Å². The fraction of sp³-hybridized carbons (Fsp3) is 0.0588. The summed E-state index contributed by atoms with van der Waals surface area (Å²) in [6, 6.07) is 125. The second-order valence-electron chi connectivity index (χ2n) is 29.6. The van der Waals surface area contributed by atoms with E-state index in [4.69, 9.17) is 35.9 Å². The van der Waals surface area contributed by atoms with Crippen LogP contribution in [-0.4, -0.2) is 38.3 Å². The summed E-state index contributed by atoms with van der Waals surface area (Å²) in [4.78, 5) is 19.9. The number of pyridine rings is 4. The molecule has 0 spiro atoms. The van der Waals surface area contributed by atoms with Gasteiger partial charge in [-0.15, -0.1) is 0 Å². The smallest absolute Gasteiger partial charge is 0.399 e. The Morgan fingerprint density at radius 3 is 1.03 bits per heavy atom. The van der Waals surface area contributed by atoms with E-state index in [-0.39, 0.29) is 24.5 Å². The van der Waals surface area contributed by atoms with Gasteiger partial charge in [0.25, 0.3) is 0 Å². The zero-order valence-electron chi connectivity index (χ0n) is 61.9. The fourth-order valence-electron chi connectivity index (χ4n) is 15.8. The third kappa shape index (κ3) is 13.1. The second kappa shape index (κ2) is 28.8. The lowest BCUT2D eigenvalue weighted by Gasteiger charge is -2.32. The van der Waals surface area contributed by atoms with Crippen LogP contribution in [0.25, 0.3) is 186 Å². The minimum absolute atomic E-state index is 0. The van der Waals surface area contributed by atoms with Crippen LogP contribution < -0.4 is 11.6 Å². The number of halogens is 1. The van der Waals surface area contributed by atoms with Crippen LogP contribution in [0.15, 0.2) is 364 Å². The lowest BCUT2D eigenvalue weighted by molar-refractivity contribution is 0.00578. The first-order valence-corrected chi connectivity index (χ1v) is 37.9. The van der Waals surface area contributed by atoms with Gasteiger partial charge in [0.05, 0.1) is 49.7 Å². The van der Waals surface area contributed by atoms with Crippen LogP contribution in [0.2, 0.25) is 5.02 Å². The van der Waals surface area contributed by atoms with E-state index in [0.717, 1.165) is 116 Å². The summed E-state index contributed by atoms with van der Waals surface area (Å²) >= 11 is 6.95. The fourth-order valence-corrected chi connectivity index (χ4v) is 16.0. The van der Waals surface area contributed by atoms with Crippen molar-refractivity contribution in [1.29, 1.82) is 0 Å². The number of nitrogens with zero attached hydrogens (tertiary/aromatic N) is 4. The zero-order valence-corrected chi connectivity index (χ0v) is 62.7. The lowest BCUT2D eigenvalue weighted by Crippen LogP contribution is -2.41. The van der Waals surface area contributed by atoms with Gasteiger partial charge in [-0.2, -0.15) is 0 Å². The van der Waals surface area contributed by atoms with Gasteiger partial charge >= 0.3 is 7.12 Å². The summed E-state index contributed by atoms with van der Waals surface area (Å²) in [5, 5.41) is 19.5. The van der Waals surface area contributed by atoms with Crippen molar-refractivity contribution in [2.45, 2.75) is 38.9 Å².